The molecule has 0 aliphatic carbocycles. The quantitative estimate of drug-likeness (QED) is 0.0888. The van der Waals surface area contributed by atoms with E-state index in [2.05, 4.69) is 0 Å². The van der Waals surface area contributed by atoms with Gasteiger partial charge in [0.05, 0.1) is 50.8 Å². The number of carbonyl (C=O) groups excluding carboxylic acids is 4. The van der Waals surface area contributed by atoms with Crippen LogP contribution in [0.1, 0.15) is 39.1 Å². The Balaban J connectivity index is 1.43. The molecule has 0 aliphatic heterocycles. The van der Waals surface area contributed by atoms with Gasteiger partial charge in [0, 0.05) is 25.0 Å². The van der Waals surface area contributed by atoms with E-state index in [0.29, 0.717) is 79.0 Å². The Labute approximate surface area is 249 Å². The second-order valence-corrected chi connectivity index (χ2v) is 8.95. The van der Waals surface area contributed by atoms with Crippen LogP contribution in [0.4, 0.5) is 0 Å². The van der Waals surface area contributed by atoms with Crippen molar-refractivity contribution in [1.29, 1.82) is 0 Å². The normalized spacial score (nSPS) is 10.2. The van der Waals surface area contributed by atoms with Crippen LogP contribution in [-0.2, 0) is 19.1 Å². The molecule has 0 saturated heterocycles. The van der Waals surface area contributed by atoms with E-state index in [4.69, 9.17) is 28.4 Å². The van der Waals surface area contributed by atoms with Crippen LogP contribution in [0.15, 0.2) is 78.9 Å². The van der Waals surface area contributed by atoms with Crippen LogP contribution in [0.3, 0.4) is 0 Å². The van der Waals surface area contributed by atoms with Gasteiger partial charge in [0.15, 0.2) is 0 Å². The summed E-state index contributed by atoms with van der Waals surface area (Å²) in [4.78, 5) is 45.4. The van der Waals surface area contributed by atoms with Crippen molar-refractivity contribution >= 4 is 23.8 Å². The van der Waals surface area contributed by atoms with Gasteiger partial charge in [0.25, 0.3) is 0 Å². The molecule has 0 N–H and O–H groups in total. The molecule has 0 aromatic heterocycles. The fourth-order valence-corrected chi connectivity index (χ4v) is 3.55. The third kappa shape index (κ3) is 11.8. The molecule has 0 saturated carbocycles. The number of hydrogen-bond acceptors (Lipinski definition) is 10. The molecule has 0 amide bonds. The molecule has 0 aliphatic rings. The zero-order valence-corrected chi connectivity index (χ0v) is 23.7. The summed E-state index contributed by atoms with van der Waals surface area (Å²) in [6, 6.07) is 17.8. The zero-order valence-electron chi connectivity index (χ0n) is 23.7. The highest BCUT2D eigenvalue weighted by molar-refractivity contribution is 5.92. The second kappa shape index (κ2) is 18.5. The molecule has 10 heteroatoms. The van der Waals surface area contributed by atoms with Gasteiger partial charge in [-0.05, 0) is 79.2 Å². The van der Waals surface area contributed by atoms with E-state index in [-0.39, 0.29) is 13.2 Å². The van der Waals surface area contributed by atoms with Crippen molar-refractivity contribution in [2.75, 3.05) is 39.6 Å². The molecule has 43 heavy (non-hydrogen) atoms. The summed E-state index contributed by atoms with van der Waals surface area (Å²) in [6.45, 7) is 3.93. The van der Waals surface area contributed by atoms with Crippen molar-refractivity contribution < 1.29 is 47.6 Å². The number of carbonyl (C=O) groups is 2. The summed E-state index contributed by atoms with van der Waals surface area (Å²) < 4.78 is 32.7. The molecule has 10 nitrogen and oxygen atoms in total. The van der Waals surface area contributed by atoms with Gasteiger partial charge in [-0.3, -0.25) is 0 Å². The van der Waals surface area contributed by atoms with Crippen molar-refractivity contribution in [1.82, 2.24) is 0 Å². The SMILES string of the molecule is Cc1cc(OC(=O)c2ccc(OCCCOCC=C=O)cc2)ccc1OC(=O)c1ccc(OCCCOCC=C=O)cc1. The maximum atomic E-state index is 12.6. The Morgan fingerprint density at radius 3 is 1.56 bits per heavy atom. The van der Waals surface area contributed by atoms with E-state index in [0.717, 1.165) is 0 Å². The predicted molar refractivity (Wildman–Crippen MR) is 156 cm³/mol. The average Bonchev–Trinajstić information content (AvgIpc) is 3.02. The van der Waals surface area contributed by atoms with Gasteiger partial charge < -0.3 is 28.4 Å². The van der Waals surface area contributed by atoms with Crippen LogP contribution in [0.2, 0.25) is 0 Å². The summed E-state index contributed by atoms with van der Waals surface area (Å²) in [5.74, 6) is 4.04. The third-order valence-electron chi connectivity index (χ3n) is 5.71. The lowest BCUT2D eigenvalue weighted by Gasteiger charge is -2.11. The Bertz CT molecular complexity index is 1420. The minimum atomic E-state index is -0.544. The maximum absolute atomic E-state index is 12.6. The largest absolute Gasteiger partial charge is 0.494 e. The smallest absolute Gasteiger partial charge is 0.343 e. The van der Waals surface area contributed by atoms with E-state index < -0.39 is 11.9 Å². The predicted octanol–water partition coefficient (Wildman–Crippen LogP) is 4.78. The van der Waals surface area contributed by atoms with Gasteiger partial charge in [0.2, 0.25) is 0 Å². The van der Waals surface area contributed by atoms with E-state index in [9.17, 15) is 19.2 Å². The van der Waals surface area contributed by atoms with E-state index >= 15 is 0 Å². The first-order valence-electron chi connectivity index (χ1n) is 13.5. The van der Waals surface area contributed by atoms with E-state index in [1.54, 1.807) is 85.5 Å². The third-order valence-corrected chi connectivity index (χ3v) is 5.71. The molecule has 0 unspecified atom stereocenters. The monoisotopic (exact) mass is 588 g/mol. The fourth-order valence-electron chi connectivity index (χ4n) is 3.55. The Morgan fingerprint density at radius 2 is 1.09 bits per heavy atom. The number of esters is 2. The van der Waals surface area contributed by atoms with Crippen LogP contribution >= 0.6 is 0 Å². The van der Waals surface area contributed by atoms with Crippen molar-refractivity contribution in [2.45, 2.75) is 19.8 Å². The molecule has 0 spiro atoms. The van der Waals surface area contributed by atoms with Gasteiger partial charge in [-0.2, -0.15) is 0 Å². The summed E-state index contributed by atoms with van der Waals surface area (Å²) >= 11 is 0. The summed E-state index contributed by atoms with van der Waals surface area (Å²) in [5, 5.41) is 0. The highest BCUT2D eigenvalue weighted by atomic mass is 16.5. The molecule has 0 bridgehead atoms. The Morgan fingerprint density at radius 1 is 0.628 bits per heavy atom. The molecule has 3 aromatic rings. The Kier molecular flexibility index (Phi) is 14.0. The van der Waals surface area contributed by atoms with E-state index in [1.165, 1.54) is 12.2 Å². The molecule has 0 atom stereocenters. The van der Waals surface area contributed by atoms with Crippen LogP contribution in [0.5, 0.6) is 23.0 Å². The maximum Gasteiger partial charge on any atom is 0.343 e. The molecular formula is C33H32O10. The van der Waals surface area contributed by atoms with Gasteiger partial charge in [-0.1, -0.05) is 0 Å². The van der Waals surface area contributed by atoms with Crippen LogP contribution < -0.4 is 18.9 Å². The summed E-state index contributed by atoms with van der Waals surface area (Å²) in [7, 11) is 0. The van der Waals surface area contributed by atoms with E-state index in [1.807, 2.05) is 0 Å². The molecule has 0 fully saturated rings. The standard InChI is InChI=1S/C33H32O10/c1-25-24-30(42-32(36)26-6-10-28(11-7-26)40-22-4-20-38-18-2-16-34)14-15-31(25)43-33(37)27-8-12-29(13-9-27)41-23-5-21-39-19-3-17-35/h2-3,6-15,24H,4-5,18-23H2,1H3. The van der Waals surface area contributed by atoms with Gasteiger partial charge in [0.1, 0.15) is 34.9 Å². The van der Waals surface area contributed by atoms with Crippen LogP contribution in [0.25, 0.3) is 0 Å². The first-order chi connectivity index (χ1) is 21.0. The van der Waals surface area contributed by atoms with Gasteiger partial charge >= 0.3 is 11.9 Å². The van der Waals surface area contributed by atoms with Crippen molar-refractivity contribution in [3.05, 3.63) is 95.6 Å². The molecule has 224 valence electrons. The number of hydrogen-bond donors (Lipinski definition) is 0. The first-order valence-corrected chi connectivity index (χ1v) is 13.5. The molecular weight excluding hydrogens is 556 g/mol. The highest BCUT2D eigenvalue weighted by Crippen LogP contribution is 2.25. The Hall–Kier alpha value is -4.98. The number of benzene rings is 3. The average molecular weight is 589 g/mol. The number of aryl methyl sites for hydroxylation is 1. The van der Waals surface area contributed by atoms with Crippen molar-refractivity contribution in [3.63, 3.8) is 0 Å². The lowest BCUT2D eigenvalue weighted by Crippen LogP contribution is -2.11. The van der Waals surface area contributed by atoms with Gasteiger partial charge in [-0.15, -0.1) is 0 Å². The minimum Gasteiger partial charge on any atom is -0.494 e. The summed E-state index contributed by atoms with van der Waals surface area (Å²) in [5.41, 5.74) is 1.30. The second-order valence-electron chi connectivity index (χ2n) is 8.95. The molecule has 3 rings (SSSR count). The van der Waals surface area contributed by atoms with Gasteiger partial charge in [-0.25, -0.2) is 19.2 Å². The van der Waals surface area contributed by atoms with Crippen LogP contribution in [-0.4, -0.2) is 63.5 Å². The lowest BCUT2D eigenvalue weighted by atomic mass is 10.2. The van der Waals surface area contributed by atoms with Crippen molar-refractivity contribution in [2.24, 2.45) is 0 Å². The molecule has 3 aromatic carbocycles. The van der Waals surface area contributed by atoms with Crippen molar-refractivity contribution in [3.8, 4) is 23.0 Å². The minimum absolute atomic E-state index is 0.224. The molecule has 0 radical (unpaired) electrons. The first kappa shape index (κ1) is 32.5. The fraction of sp³-hybridized carbons (Fsp3) is 0.273. The number of rotatable bonds is 18. The molecule has 0 heterocycles. The number of ether oxygens (including phenoxy) is 6. The lowest BCUT2D eigenvalue weighted by molar-refractivity contribution is 0.0718. The topological polar surface area (TPSA) is 124 Å². The van der Waals surface area contributed by atoms with Crippen LogP contribution in [0, 0.1) is 6.92 Å². The highest BCUT2D eigenvalue weighted by Gasteiger charge is 2.14. The summed E-state index contributed by atoms with van der Waals surface area (Å²) in [6.07, 6.45) is 3.82. The zero-order chi connectivity index (χ0) is 30.7.